The van der Waals surface area contributed by atoms with Crippen molar-refractivity contribution < 1.29 is 13.2 Å². The van der Waals surface area contributed by atoms with E-state index in [1.165, 1.54) is 27.0 Å². The van der Waals surface area contributed by atoms with E-state index in [4.69, 9.17) is 4.98 Å². The number of amides is 1. The minimum absolute atomic E-state index is 0.171. The number of para-hydroxylation sites is 1. The molecule has 3 aromatic rings. The lowest BCUT2D eigenvalue weighted by atomic mass is 10.0. The molecule has 2 aromatic heterocycles. The predicted molar refractivity (Wildman–Crippen MR) is 140 cm³/mol. The second-order valence-corrected chi connectivity index (χ2v) is 12.9. The Kier molecular flexibility index (Phi) is 8.04. The molecule has 0 radical (unpaired) electrons. The third-order valence-electron chi connectivity index (χ3n) is 6.15. The smallest absolute Gasteiger partial charge is 0.253 e. The van der Waals surface area contributed by atoms with Crippen LogP contribution < -0.4 is 4.90 Å². The lowest BCUT2D eigenvalue weighted by molar-refractivity contribution is -0.123. The van der Waals surface area contributed by atoms with E-state index in [9.17, 15) is 13.2 Å². The molecule has 1 aliphatic heterocycles. The standard InChI is InChI=1S/C24H32N4O3S3/c1-4-18-10-7-12-20-22(18)25-24(33-20)27(15-9-14-26(2)3)23(29)19-11-5-6-16-28(19)34(30,31)21-13-8-17-32-21/h7-8,10,12-13,17,19H,4-6,9,11,14-16H2,1-3H3. The molecule has 1 atom stereocenters. The van der Waals surface area contributed by atoms with Gasteiger partial charge in [-0.05, 0) is 69.4 Å². The monoisotopic (exact) mass is 520 g/mol. The molecule has 0 bridgehead atoms. The van der Waals surface area contributed by atoms with E-state index >= 15 is 0 Å². The molecule has 7 nitrogen and oxygen atoms in total. The van der Waals surface area contributed by atoms with Gasteiger partial charge in [0.1, 0.15) is 10.3 Å². The minimum atomic E-state index is -3.72. The van der Waals surface area contributed by atoms with Gasteiger partial charge in [0.25, 0.3) is 10.0 Å². The Balaban J connectivity index is 1.69. The highest BCUT2D eigenvalue weighted by molar-refractivity contribution is 7.91. The summed E-state index contributed by atoms with van der Waals surface area (Å²) in [5.41, 5.74) is 2.09. The number of sulfonamides is 1. The van der Waals surface area contributed by atoms with Gasteiger partial charge in [0.2, 0.25) is 5.91 Å². The SMILES string of the molecule is CCc1cccc2sc(N(CCCN(C)C)C(=O)C3CCCCN3S(=O)(=O)c3cccs3)nc12. The van der Waals surface area contributed by atoms with E-state index < -0.39 is 16.1 Å². The van der Waals surface area contributed by atoms with Gasteiger partial charge >= 0.3 is 0 Å². The van der Waals surface area contributed by atoms with Gasteiger partial charge in [-0.3, -0.25) is 9.69 Å². The Labute approximate surface area is 210 Å². The number of aryl methyl sites for hydroxylation is 1. The number of thiophene rings is 1. The number of carbonyl (C=O) groups is 1. The summed E-state index contributed by atoms with van der Waals surface area (Å²) in [7, 11) is 0.297. The second-order valence-electron chi connectivity index (χ2n) is 8.82. The maximum absolute atomic E-state index is 14.0. The molecule has 1 saturated heterocycles. The first kappa shape index (κ1) is 25.2. The average molecular weight is 521 g/mol. The van der Waals surface area contributed by atoms with E-state index in [1.807, 2.05) is 26.2 Å². The summed E-state index contributed by atoms with van der Waals surface area (Å²) in [5.74, 6) is -0.171. The van der Waals surface area contributed by atoms with Crippen LogP contribution in [0.25, 0.3) is 10.2 Å². The van der Waals surface area contributed by atoms with E-state index in [-0.39, 0.29) is 5.91 Å². The number of benzene rings is 1. The van der Waals surface area contributed by atoms with Crippen molar-refractivity contribution >= 4 is 54.0 Å². The zero-order chi connectivity index (χ0) is 24.3. The van der Waals surface area contributed by atoms with Crippen LogP contribution in [0, 0.1) is 0 Å². The quantitative estimate of drug-likeness (QED) is 0.417. The van der Waals surface area contributed by atoms with Crippen LogP contribution in [0.1, 0.15) is 38.2 Å². The van der Waals surface area contributed by atoms with Crippen molar-refractivity contribution in [3.63, 3.8) is 0 Å². The first-order valence-corrected chi connectivity index (χ1v) is 14.9. The number of thiazole rings is 1. The van der Waals surface area contributed by atoms with Crippen molar-refractivity contribution in [3.8, 4) is 0 Å². The molecular weight excluding hydrogens is 488 g/mol. The van der Waals surface area contributed by atoms with Gasteiger partial charge in [-0.25, -0.2) is 13.4 Å². The molecule has 1 fully saturated rings. The zero-order valence-corrected chi connectivity index (χ0v) is 22.4. The number of carbonyl (C=O) groups excluding carboxylic acids is 1. The van der Waals surface area contributed by atoms with Crippen molar-refractivity contribution in [1.82, 2.24) is 14.2 Å². The van der Waals surface area contributed by atoms with Crippen molar-refractivity contribution in [3.05, 3.63) is 41.3 Å². The summed E-state index contributed by atoms with van der Waals surface area (Å²) in [4.78, 5) is 22.7. The van der Waals surface area contributed by atoms with Crippen molar-refractivity contribution in [1.29, 1.82) is 0 Å². The third kappa shape index (κ3) is 5.21. The number of nitrogens with zero attached hydrogens (tertiary/aromatic N) is 4. The molecule has 1 unspecified atom stereocenters. The van der Waals surface area contributed by atoms with Gasteiger partial charge in [-0.2, -0.15) is 4.31 Å². The van der Waals surface area contributed by atoms with Crippen LogP contribution in [-0.2, 0) is 21.2 Å². The molecule has 0 saturated carbocycles. The molecule has 4 rings (SSSR count). The normalized spacial score (nSPS) is 17.5. The fourth-order valence-corrected chi connectivity index (χ4v) is 8.20. The molecule has 0 N–H and O–H groups in total. The summed E-state index contributed by atoms with van der Waals surface area (Å²) in [5, 5.41) is 2.41. The number of anilines is 1. The number of rotatable bonds is 9. The zero-order valence-electron chi connectivity index (χ0n) is 19.9. The highest BCUT2D eigenvalue weighted by Crippen LogP contribution is 2.34. The molecule has 10 heteroatoms. The number of hydrogen-bond acceptors (Lipinski definition) is 7. The van der Waals surface area contributed by atoms with Crippen LogP contribution in [0.15, 0.2) is 39.9 Å². The Morgan fingerprint density at radius 2 is 2.00 bits per heavy atom. The Hall–Kier alpha value is -1.85. The first-order valence-electron chi connectivity index (χ1n) is 11.7. The van der Waals surface area contributed by atoms with Crippen LogP contribution in [0.3, 0.4) is 0 Å². The fraction of sp³-hybridized carbons (Fsp3) is 0.500. The largest absolute Gasteiger partial charge is 0.309 e. The summed E-state index contributed by atoms with van der Waals surface area (Å²) in [6.45, 7) is 3.80. The summed E-state index contributed by atoms with van der Waals surface area (Å²) in [6, 6.07) is 8.77. The predicted octanol–water partition coefficient (Wildman–Crippen LogP) is 4.45. The molecule has 1 aromatic carbocycles. The molecule has 0 aliphatic carbocycles. The van der Waals surface area contributed by atoms with Gasteiger partial charge in [-0.15, -0.1) is 11.3 Å². The average Bonchev–Trinajstić information content (AvgIpc) is 3.51. The lowest BCUT2D eigenvalue weighted by Crippen LogP contribution is -2.53. The maximum Gasteiger partial charge on any atom is 0.253 e. The number of hydrogen-bond donors (Lipinski definition) is 0. The maximum atomic E-state index is 14.0. The van der Waals surface area contributed by atoms with Crippen molar-refractivity contribution in [2.24, 2.45) is 0 Å². The van der Waals surface area contributed by atoms with Crippen LogP contribution in [0.5, 0.6) is 0 Å². The summed E-state index contributed by atoms with van der Waals surface area (Å²) in [6.07, 6.45) is 3.76. The number of aromatic nitrogens is 1. The van der Waals surface area contributed by atoms with Gasteiger partial charge < -0.3 is 4.90 Å². The van der Waals surface area contributed by atoms with E-state index in [1.54, 1.807) is 22.4 Å². The van der Waals surface area contributed by atoms with Gasteiger partial charge in [-0.1, -0.05) is 42.9 Å². The number of piperidine rings is 1. The van der Waals surface area contributed by atoms with Gasteiger partial charge in [0.05, 0.1) is 10.2 Å². The molecule has 184 valence electrons. The number of fused-ring (bicyclic) bond motifs is 1. The van der Waals surface area contributed by atoms with Crippen LogP contribution in [0.2, 0.25) is 0 Å². The van der Waals surface area contributed by atoms with Crippen LogP contribution in [-0.4, -0.2) is 68.3 Å². The molecule has 34 heavy (non-hydrogen) atoms. The van der Waals surface area contributed by atoms with E-state index in [2.05, 4.69) is 17.9 Å². The fourth-order valence-electron chi connectivity index (χ4n) is 4.38. The molecular formula is C24H32N4O3S3. The molecule has 0 spiro atoms. The summed E-state index contributed by atoms with van der Waals surface area (Å²) < 4.78 is 29.6. The summed E-state index contributed by atoms with van der Waals surface area (Å²) >= 11 is 2.70. The van der Waals surface area contributed by atoms with Gasteiger partial charge in [0.15, 0.2) is 5.13 Å². The van der Waals surface area contributed by atoms with Crippen LogP contribution in [0.4, 0.5) is 5.13 Å². The van der Waals surface area contributed by atoms with Crippen LogP contribution >= 0.6 is 22.7 Å². The highest BCUT2D eigenvalue weighted by atomic mass is 32.2. The molecule has 1 amide bonds. The Morgan fingerprint density at radius 1 is 1.18 bits per heavy atom. The van der Waals surface area contributed by atoms with Crippen molar-refractivity contribution in [2.45, 2.75) is 49.3 Å². The third-order valence-corrected chi connectivity index (χ3v) is 10.5. The van der Waals surface area contributed by atoms with E-state index in [0.29, 0.717) is 28.9 Å². The minimum Gasteiger partial charge on any atom is -0.309 e. The topological polar surface area (TPSA) is 73.8 Å². The highest BCUT2D eigenvalue weighted by Gasteiger charge is 2.40. The first-order chi connectivity index (χ1) is 16.3. The van der Waals surface area contributed by atoms with E-state index in [0.717, 1.165) is 48.0 Å². The Morgan fingerprint density at radius 3 is 2.71 bits per heavy atom. The second kappa shape index (κ2) is 10.8. The Bertz CT molecular complexity index is 1220. The molecule has 1 aliphatic rings. The van der Waals surface area contributed by atoms with Gasteiger partial charge in [0, 0.05) is 13.1 Å². The lowest BCUT2D eigenvalue weighted by Gasteiger charge is -2.36. The van der Waals surface area contributed by atoms with Crippen molar-refractivity contribution in [2.75, 3.05) is 38.6 Å². The molecule has 3 heterocycles.